The molecule has 26 heavy (non-hydrogen) atoms. The van der Waals surface area contributed by atoms with Crippen LogP contribution >= 0.6 is 0 Å². The summed E-state index contributed by atoms with van der Waals surface area (Å²) in [5.41, 5.74) is 2.29. The summed E-state index contributed by atoms with van der Waals surface area (Å²) in [6.07, 6.45) is 0.100. The van der Waals surface area contributed by atoms with E-state index in [1.807, 2.05) is 62.4 Å². The number of carbonyl (C=O) groups is 1. The van der Waals surface area contributed by atoms with E-state index in [1.54, 1.807) is 0 Å². The van der Waals surface area contributed by atoms with Gasteiger partial charge in [0.1, 0.15) is 5.75 Å². The van der Waals surface area contributed by atoms with E-state index in [-0.39, 0.29) is 11.9 Å². The van der Waals surface area contributed by atoms with Crippen LogP contribution in [0.25, 0.3) is 10.8 Å². The molecule has 1 N–H and O–H groups in total. The first kappa shape index (κ1) is 18.0. The topological polar surface area (TPSA) is 38.3 Å². The Morgan fingerprint density at radius 1 is 1.00 bits per heavy atom. The third-order valence-corrected chi connectivity index (χ3v) is 4.60. The molecule has 0 aliphatic carbocycles. The van der Waals surface area contributed by atoms with Crippen molar-refractivity contribution >= 4 is 16.7 Å². The first-order chi connectivity index (χ1) is 12.6. The molecule has 0 fully saturated rings. The number of fused-ring (bicyclic) bond motifs is 1. The van der Waals surface area contributed by atoms with Gasteiger partial charge in [-0.15, -0.1) is 0 Å². The Kier molecular flexibility index (Phi) is 5.57. The van der Waals surface area contributed by atoms with Gasteiger partial charge in [-0.2, -0.15) is 0 Å². The molecule has 0 saturated heterocycles. The smallest absolute Gasteiger partial charge is 0.261 e. The van der Waals surface area contributed by atoms with E-state index >= 15 is 0 Å². The molecule has 0 spiro atoms. The van der Waals surface area contributed by atoms with Gasteiger partial charge in [-0.25, -0.2) is 0 Å². The van der Waals surface area contributed by atoms with Crippen LogP contribution in [0, 0.1) is 6.92 Å². The second-order valence-electron chi connectivity index (χ2n) is 6.66. The molecule has 0 radical (unpaired) electrons. The Labute approximate surface area is 155 Å². The van der Waals surface area contributed by atoms with Crippen molar-refractivity contribution in [3.05, 3.63) is 77.9 Å². The minimum Gasteiger partial charge on any atom is -0.481 e. The fourth-order valence-corrected chi connectivity index (χ4v) is 2.97. The molecular weight excluding hydrogens is 322 g/mol. The Bertz CT molecular complexity index is 886. The van der Waals surface area contributed by atoms with E-state index in [9.17, 15) is 4.79 Å². The van der Waals surface area contributed by atoms with E-state index in [0.717, 1.165) is 16.3 Å². The molecule has 3 rings (SSSR count). The average molecular weight is 347 g/mol. The number of rotatable bonds is 6. The molecular formula is C23H25NO2. The van der Waals surface area contributed by atoms with Crippen LogP contribution in [0.15, 0.2) is 66.7 Å². The highest BCUT2D eigenvalue weighted by Gasteiger charge is 2.20. The van der Waals surface area contributed by atoms with Gasteiger partial charge in [0, 0.05) is 0 Å². The van der Waals surface area contributed by atoms with Gasteiger partial charge in [0.2, 0.25) is 0 Å². The number of nitrogens with one attached hydrogen (secondary N) is 1. The molecule has 0 saturated carbocycles. The highest BCUT2D eigenvalue weighted by atomic mass is 16.5. The first-order valence-electron chi connectivity index (χ1n) is 9.09. The van der Waals surface area contributed by atoms with Crippen molar-refractivity contribution in [2.75, 3.05) is 0 Å². The second-order valence-corrected chi connectivity index (χ2v) is 6.66. The Morgan fingerprint density at radius 2 is 1.69 bits per heavy atom. The minimum atomic E-state index is -0.510. The number of hydrogen-bond donors (Lipinski definition) is 1. The van der Waals surface area contributed by atoms with Crippen LogP contribution in [0.1, 0.15) is 37.4 Å². The Hall–Kier alpha value is -2.81. The largest absolute Gasteiger partial charge is 0.481 e. The number of hydrogen-bond acceptors (Lipinski definition) is 2. The summed E-state index contributed by atoms with van der Waals surface area (Å²) in [5.74, 6) is 0.627. The van der Waals surface area contributed by atoms with Gasteiger partial charge < -0.3 is 10.1 Å². The van der Waals surface area contributed by atoms with Crippen LogP contribution in [0.4, 0.5) is 0 Å². The van der Waals surface area contributed by atoms with Crippen LogP contribution in [-0.2, 0) is 4.79 Å². The van der Waals surface area contributed by atoms with Gasteiger partial charge in [0.25, 0.3) is 5.91 Å². The highest BCUT2D eigenvalue weighted by molar-refractivity contribution is 5.84. The van der Waals surface area contributed by atoms with Crippen LogP contribution < -0.4 is 10.1 Å². The maximum absolute atomic E-state index is 12.7. The molecule has 0 aliphatic rings. The van der Waals surface area contributed by atoms with Gasteiger partial charge in [-0.1, -0.05) is 67.1 Å². The van der Waals surface area contributed by atoms with Crippen molar-refractivity contribution in [1.82, 2.24) is 5.32 Å². The highest BCUT2D eigenvalue weighted by Crippen LogP contribution is 2.22. The summed E-state index contributed by atoms with van der Waals surface area (Å²) >= 11 is 0. The number of amides is 1. The molecule has 2 atom stereocenters. The molecule has 0 aliphatic heterocycles. The van der Waals surface area contributed by atoms with Crippen LogP contribution in [-0.4, -0.2) is 12.0 Å². The normalized spacial score (nSPS) is 13.2. The van der Waals surface area contributed by atoms with Gasteiger partial charge in [0.05, 0.1) is 6.04 Å². The lowest BCUT2D eigenvalue weighted by Gasteiger charge is -2.21. The summed E-state index contributed by atoms with van der Waals surface area (Å²) in [5, 5.41) is 5.32. The van der Waals surface area contributed by atoms with E-state index in [2.05, 4.69) is 30.4 Å². The maximum Gasteiger partial charge on any atom is 0.261 e. The van der Waals surface area contributed by atoms with Crippen LogP contribution in [0.2, 0.25) is 0 Å². The molecule has 1 amide bonds. The summed E-state index contributed by atoms with van der Waals surface area (Å²) in [4.78, 5) is 12.7. The van der Waals surface area contributed by atoms with Crippen molar-refractivity contribution in [3.8, 4) is 5.75 Å². The van der Waals surface area contributed by atoms with Crippen LogP contribution in [0.5, 0.6) is 5.75 Å². The summed E-state index contributed by atoms with van der Waals surface area (Å²) in [7, 11) is 0. The predicted molar refractivity (Wildman–Crippen MR) is 106 cm³/mol. The van der Waals surface area contributed by atoms with E-state index in [0.29, 0.717) is 12.2 Å². The summed E-state index contributed by atoms with van der Waals surface area (Å²) < 4.78 is 5.98. The minimum absolute atomic E-state index is 0.0580. The number of aryl methyl sites for hydroxylation is 1. The zero-order chi connectivity index (χ0) is 18.5. The summed E-state index contributed by atoms with van der Waals surface area (Å²) in [6, 6.07) is 22.2. The molecule has 3 heteroatoms. The fraction of sp³-hybridized carbons (Fsp3) is 0.261. The van der Waals surface area contributed by atoms with Gasteiger partial charge in [-0.3, -0.25) is 4.79 Å². The molecule has 3 nitrogen and oxygen atoms in total. The third-order valence-electron chi connectivity index (χ3n) is 4.60. The Balaban J connectivity index is 1.68. The molecule has 0 bridgehead atoms. The zero-order valence-corrected chi connectivity index (χ0v) is 15.5. The molecule has 3 aromatic rings. The Morgan fingerprint density at radius 3 is 2.38 bits per heavy atom. The predicted octanol–water partition coefficient (Wildman–Crippen LogP) is 5.18. The molecule has 0 heterocycles. The molecule has 134 valence electrons. The first-order valence-corrected chi connectivity index (χ1v) is 9.09. The van der Waals surface area contributed by atoms with E-state index in [1.165, 1.54) is 5.56 Å². The quantitative estimate of drug-likeness (QED) is 0.667. The van der Waals surface area contributed by atoms with Crippen LogP contribution in [0.3, 0.4) is 0 Å². The fourth-order valence-electron chi connectivity index (χ4n) is 2.97. The lowest BCUT2D eigenvalue weighted by atomic mass is 10.1. The van der Waals surface area contributed by atoms with Crippen molar-refractivity contribution < 1.29 is 9.53 Å². The maximum atomic E-state index is 12.7. The average Bonchev–Trinajstić information content (AvgIpc) is 2.66. The SMILES string of the molecule is CC[C@@H](Oc1ccc2ccccc2c1)C(=O)N[C@@H](C)c1ccc(C)cc1. The standard InChI is InChI=1S/C23H25NO2/c1-4-22(23(25)24-17(3)18-11-9-16(2)10-12-18)26-21-14-13-19-7-5-6-8-20(19)15-21/h5-15,17,22H,4H2,1-3H3,(H,24,25)/t17-,22+/m0/s1. The number of ether oxygens (including phenoxy) is 1. The molecule has 3 aromatic carbocycles. The van der Waals surface area contributed by atoms with Crippen molar-refractivity contribution in [2.24, 2.45) is 0 Å². The van der Waals surface area contributed by atoms with Crippen molar-refractivity contribution in [1.29, 1.82) is 0 Å². The lowest BCUT2D eigenvalue weighted by Crippen LogP contribution is -2.39. The van der Waals surface area contributed by atoms with Gasteiger partial charge in [0.15, 0.2) is 6.10 Å². The van der Waals surface area contributed by atoms with Crippen molar-refractivity contribution in [2.45, 2.75) is 39.3 Å². The van der Waals surface area contributed by atoms with E-state index in [4.69, 9.17) is 4.74 Å². The lowest BCUT2D eigenvalue weighted by molar-refractivity contribution is -0.128. The molecule has 0 aromatic heterocycles. The summed E-state index contributed by atoms with van der Waals surface area (Å²) in [6.45, 7) is 6.00. The molecule has 0 unspecified atom stereocenters. The third kappa shape index (κ3) is 4.23. The number of benzene rings is 3. The van der Waals surface area contributed by atoms with Gasteiger partial charge >= 0.3 is 0 Å². The second kappa shape index (κ2) is 8.05. The monoisotopic (exact) mass is 347 g/mol. The zero-order valence-electron chi connectivity index (χ0n) is 15.5. The van der Waals surface area contributed by atoms with Gasteiger partial charge in [-0.05, 0) is 48.7 Å². The van der Waals surface area contributed by atoms with Crippen molar-refractivity contribution in [3.63, 3.8) is 0 Å². The van der Waals surface area contributed by atoms with E-state index < -0.39 is 6.10 Å². The number of carbonyl (C=O) groups excluding carboxylic acids is 1.